The first-order valence-electron chi connectivity index (χ1n) is 7.07. The predicted molar refractivity (Wildman–Crippen MR) is 84.2 cm³/mol. The van der Waals surface area contributed by atoms with E-state index >= 15 is 0 Å². The lowest BCUT2D eigenvalue weighted by Crippen LogP contribution is -2.02. The maximum atomic E-state index is 11.4. The molecule has 0 aliphatic carbocycles. The van der Waals surface area contributed by atoms with Gasteiger partial charge in [-0.1, -0.05) is 18.2 Å². The molecule has 6 heteroatoms. The van der Waals surface area contributed by atoms with Gasteiger partial charge in [-0.2, -0.15) is 0 Å². The van der Waals surface area contributed by atoms with Gasteiger partial charge in [0.15, 0.2) is 11.5 Å². The molecule has 1 aromatic carbocycles. The summed E-state index contributed by atoms with van der Waals surface area (Å²) in [5.74, 6) is 0.752. The van der Waals surface area contributed by atoms with Gasteiger partial charge in [-0.3, -0.25) is 4.40 Å². The molecule has 0 amide bonds. The van der Waals surface area contributed by atoms with Crippen LogP contribution in [0.4, 0.5) is 0 Å². The van der Waals surface area contributed by atoms with Crippen molar-refractivity contribution in [3.05, 3.63) is 59.7 Å². The Morgan fingerprint density at radius 1 is 1.30 bits per heavy atom. The Morgan fingerprint density at radius 3 is 2.78 bits per heavy atom. The summed E-state index contributed by atoms with van der Waals surface area (Å²) >= 11 is 0. The minimum Gasteiger partial charge on any atom is -0.497 e. The fraction of sp³-hybridized carbons (Fsp3) is 0.176. The average Bonchev–Trinajstić information content (AvgIpc) is 2.92. The van der Waals surface area contributed by atoms with Crippen LogP contribution in [-0.4, -0.2) is 27.6 Å². The molecule has 23 heavy (non-hydrogen) atoms. The molecule has 0 spiro atoms. The molecule has 1 N–H and O–H groups in total. The zero-order chi connectivity index (χ0) is 16.4. The fourth-order valence-electron chi connectivity index (χ4n) is 2.38. The van der Waals surface area contributed by atoms with Crippen molar-refractivity contribution in [2.24, 2.45) is 0 Å². The third kappa shape index (κ3) is 2.83. The van der Waals surface area contributed by atoms with Crippen LogP contribution in [0.3, 0.4) is 0 Å². The summed E-state index contributed by atoms with van der Waals surface area (Å²) in [6, 6.07) is 11.0. The monoisotopic (exact) mass is 312 g/mol. The van der Waals surface area contributed by atoms with Crippen molar-refractivity contribution in [1.82, 2.24) is 9.38 Å². The first kappa shape index (κ1) is 14.9. The SMILES string of the molecule is COc1ccn2c(COc3ccccc3C)nc(C(=O)O)c2c1. The second-order valence-electron chi connectivity index (χ2n) is 5.06. The van der Waals surface area contributed by atoms with E-state index in [4.69, 9.17) is 9.47 Å². The Kier molecular flexibility index (Phi) is 3.89. The number of carboxylic acids is 1. The molecule has 0 atom stereocenters. The molecule has 6 nitrogen and oxygen atoms in total. The third-order valence-electron chi connectivity index (χ3n) is 3.58. The van der Waals surface area contributed by atoms with E-state index in [2.05, 4.69) is 4.98 Å². The second kappa shape index (κ2) is 6.00. The lowest BCUT2D eigenvalue weighted by atomic mass is 10.2. The van der Waals surface area contributed by atoms with Gasteiger partial charge in [0.05, 0.1) is 12.6 Å². The average molecular weight is 312 g/mol. The van der Waals surface area contributed by atoms with Crippen molar-refractivity contribution in [3.8, 4) is 11.5 Å². The lowest BCUT2D eigenvalue weighted by Gasteiger charge is -2.08. The molecule has 0 saturated heterocycles. The molecule has 0 radical (unpaired) electrons. The molecule has 0 aliphatic heterocycles. The number of fused-ring (bicyclic) bond motifs is 1. The van der Waals surface area contributed by atoms with Crippen LogP contribution in [0.15, 0.2) is 42.6 Å². The fourth-order valence-corrected chi connectivity index (χ4v) is 2.38. The molecule has 2 heterocycles. The van der Waals surface area contributed by atoms with E-state index in [1.165, 1.54) is 7.11 Å². The molecular weight excluding hydrogens is 296 g/mol. The number of benzene rings is 1. The molecule has 0 aliphatic rings. The van der Waals surface area contributed by atoms with Crippen molar-refractivity contribution < 1.29 is 19.4 Å². The molecule has 0 fully saturated rings. The summed E-state index contributed by atoms with van der Waals surface area (Å²) in [5.41, 5.74) is 1.46. The Bertz CT molecular complexity index is 870. The zero-order valence-electron chi connectivity index (χ0n) is 12.8. The molecule has 3 aromatic rings. The van der Waals surface area contributed by atoms with Gasteiger partial charge in [-0.25, -0.2) is 9.78 Å². The first-order valence-corrected chi connectivity index (χ1v) is 7.07. The van der Waals surface area contributed by atoms with Crippen molar-refractivity contribution in [1.29, 1.82) is 0 Å². The van der Waals surface area contributed by atoms with Gasteiger partial charge in [-0.15, -0.1) is 0 Å². The number of carbonyl (C=O) groups is 1. The predicted octanol–water partition coefficient (Wildman–Crippen LogP) is 2.93. The number of hydrogen-bond acceptors (Lipinski definition) is 4. The number of methoxy groups -OCH3 is 1. The topological polar surface area (TPSA) is 73.1 Å². The van der Waals surface area contributed by atoms with E-state index < -0.39 is 5.97 Å². The van der Waals surface area contributed by atoms with E-state index in [9.17, 15) is 9.90 Å². The van der Waals surface area contributed by atoms with Crippen LogP contribution in [0.2, 0.25) is 0 Å². The summed E-state index contributed by atoms with van der Waals surface area (Å²) in [5, 5.41) is 9.33. The molecule has 0 saturated carbocycles. The van der Waals surface area contributed by atoms with E-state index in [1.807, 2.05) is 31.2 Å². The minimum atomic E-state index is -1.09. The van der Waals surface area contributed by atoms with Crippen LogP contribution in [0.1, 0.15) is 21.9 Å². The van der Waals surface area contributed by atoms with Crippen LogP contribution in [-0.2, 0) is 6.61 Å². The largest absolute Gasteiger partial charge is 0.497 e. The lowest BCUT2D eigenvalue weighted by molar-refractivity contribution is 0.0693. The van der Waals surface area contributed by atoms with Crippen LogP contribution in [0, 0.1) is 6.92 Å². The highest BCUT2D eigenvalue weighted by Crippen LogP contribution is 2.22. The first-order chi connectivity index (χ1) is 11.1. The number of ether oxygens (including phenoxy) is 2. The van der Waals surface area contributed by atoms with E-state index in [0.717, 1.165) is 11.3 Å². The van der Waals surface area contributed by atoms with Gasteiger partial charge in [0, 0.05) is 12.3 Å². The van der Waals surface area contributed by atoms with E-state index in [0.29, 0.717) is 17.1 Å². The number of nitrogens with zero attached hydrogens (tertiary/aromatic N) is 2. The summed E-state index contributed by atoms with van der Waals surface area (Å²) in [7, 11) is 1.53. The maximum Gasteiger partial charge on any atom is 0.356 e. The summed E-state index contributed by atoms with van der Waals surface area (Å²) in [6.45, 7) is 2.12. The van der Waals surface area contributed by atoms with E-state index in [1.54, 1.807) is 22.7 Å². The summed E-state index contributed by atoms with van der Waals surface area (Å²) in [4.78, 5) is 15.6. The third-order valence-corrected chi connectivity index (χ3v) is 3.58. The second-order valence-corrected chi connectivity index (χ2v) is 5.06. The molecular formula is C17H16N2O4. The number of aromatic carboxylic acids is 1. The maximum absolute atomic E-state index is 11.4. The zero-order valence-corrected chi connectivity index (χ0v) is 12.8. The molecule has 3 rings (SSSR count). The summed E-state index contributed by atoms with van der Waals surface area (Å²) < 4.78 is 12.6. The number of para-hydroxylation sites is 1. The van der Waals surface area contributed by atoms with Crippen LogP contribution in [0.5, 0.6) is 11.5 Å². The van der Waals surface area contributed by atoms with Gasteiger partial charge < -0.3 is 14.6 Å². The Hall–Kier alpha value is -3.02. The Morgan fingerprint density at radius 2 is 2.09 bits per heavy atom. The number of pyridine rings is 1. The van der Waals surface area contributed by atoms with E-state index in [-0.39, 0.29) is 12.3 Å². The van der Waals surface area contributed by atoms with Crippen molar-refractivity contribution in [3.63, 3.8) is 0 Å². The van der Waals surface area contributed by atoms with Gasteiger partial charge in [-0.05, 0) is 24.6 Å². The molecule has 118 valence electrons. The van der Waals surface area contributed by atoms with Crippen molar-refractivity contribution in [2.45, 2.75) is 13.5 Å². The van der Waals surface area contributed by atoms with Gasteiger partial charge in [0.25, 0.3) is 0 Å². The smallest absolute Gasteiger partial charge is 0.356 e. The molecule has 0 bridgehead atoms. The van der Waals surface area contributed by atoms with Crippen molar-refractivity contribution in [2.75, 3.05) is 7.11 Å². The van der Waals surface area contributed by atoms with Crippen LogP contribution in [0.25, 0.3) is 5.52 Å². The summed E-state index contributed by atoms with van der Waals surface area (Å²) in [6.07, 6.45) is 1.73. The highest BCUT2D eigenvalue weighted by Gasteiger charge is 2.17. The number of carboxylic acid groups (broad SMARTS) is 1. The Labute approximate surface area is 132 Å². The normalized spacial score (nSPS) is 10.7. The van der Waals surface area contributed by atoms with Gasteiger partial charge >= 0.3 is 5.97 Å². The quantitative estimate of drug-likeness (QED) is 0.784. The van der Waals surface area contributed by atoms with Gasteiger partial charge in [0.2, 0.25) is 0 Å². The molecule has 0 unspecified atom stereocenters. The number of aromatic nitrogens is 2. The number of rotatable bonds is 5. The minimum absolute atomic E-state index is 0.0210. The van der Waals surface area contributed by atoms with Gasteiger partial charge in [0.1, 0.15) is 18.1 Å². The van der Waals surface area contributed by atoms with Crippen LogP contribution >= 0.6 is 0 Å². The Balaban J connectivity index is 1.97. The van der Waals surface area contributed by atoms with Crippen LogP contribution < -0.4 is 9.47 Å². The number of imidazole rings is 1. The molecule has 2 aromatic heterocycles. The highest BCUT2D eigenvalue weighted by atomic mass is 16.5. The van der Waals surface area contributed by atoms with Crippen molar-refractivity contribution >= 4 is 11.5 Å². The number of aryl methyl sites for hydroxylation is 1. The highest BCUT2D eigenvalue weighted by molar-refractivity contribution is 5.94. The standard InChI is InChI=1S/C17H16N2O4/c1-11-5-3-4-6-14(11)23-10-15-18-16(17(20)21)13-9-12(22-2)7-8-19(13)15/h3-9H,10H2,1-2H3,(H,20,21). The number of hydrogen-bond donors (Lipinski definition) is 1.